The third kappa shape index (κ3) is 3.67. The van der Waals surface area contributed by atoms with Crippen molar-refractivity contribution >= 4 is 6.09 Å². The molecular weight excluding hydrogens is 206 g/mol. The molecule has 0 saturated heterocycles. The predicted molar refractivity (Wildman–Crippen MR) is 62.2 cm³/mol. The number of ether oxygens (including phenoxy) is 1. The van der Waals surface area contributed by atoms with Crippen molar-refractivity contribution in [2.24, 2.45) is 5.41 Å². The van der Waals surface area contributed by atoms with E-state index in [-0.39, 0.29) is 11.5 Å². The van der Waals surface area contributed by atoms with Crippen molar-refractivity contribution < 1.29 is 14.6 Å². The minimum atomic E-state index is -0.473. The van der Waals surface area contributed by atoms with Gasteiger partial charge in [-0.15, -0.1) is 0 Å². The van der Waals surface area contributed by atoms with Crippen molar-refractivity contribution in [1.29, 1.82) is 0 Å². The summed E-state index contributed by atoms with van der Waals surface area (Å²) in [4.78, 5) is 11.4. The molecule has 1 aliphatic rings. The van der Waals surface area contributed by atoms with Crippen LogP contribution in [0, 0.1) is 5.41 Å². The second-order valence-corrected chi connectivity index (χ2v) is 5.92. The molecule has 4 heteroatoms. The number of amides is 1. The molecule has 2 atom stereocenters. The minimum absolute atomic E-state index is 0.198. The Morgan fingerprint density at radius 2 is 2.19 bits per heavy atom. The average molecular weight is 229 g/mol. The summed E-state index contributed by atoms with van der Waals surface area (Å²) >= 11 is 0. The van der Waals surface area contributed by atoms with Crippen LogP contribution in [-0.4, -0.2) is 29.4 Å². The number of rotatable bonds is 2. The van der Waals surface area contributed by atoms with Crippen LogP contribution < -0.4 is 5.32 Å². The van der Waals surface area contributed by atoms with Crippen molar-refractivity contribution in [3.8, 4) is 0 Å². The number of carbonyl (C=O) groups excluding carboxylic acids is 1. The second kappa shape index (κ2) is 4.62. The van der Waals surface area contributed by atoms with Crippen LogP contribution >= 0.6 is 0 Å². The molecule has 0 aliphatic heterocycles. The average Bonchev–Trinajstić information content (AvgIpc) is 2.42. The van der Waals surface area contributed by atoms with E-state index in [2.05, 4.69) is 5.32 Å². The lowest BCUT2D eigenvalue weighted by atomic mass is 9.86. The number of aliphatic hydroxyl groups excluding tert-OH is 1. The third-order valence-electron chi connectivity index (χ3n) is 3.07. The maximum Gasteiger partial charge on any atom is 0.407 e. The van der Waals surface area contributed by atoms with Crippen molar-refractivity contribution in [2.75, 3.05) is 6.54 Å². The molecule has 0 aromatic rings. The van der Waals surface area contributed by atoms with Crippen molar-refractivity contribution in [1.82, 2.24) is 5.32 Å². The van der Waals surface area contributed by atoms with E-state index in [1.165, 1.54) is 0 Å². The molecule has 16 heavy (non-hydrogen) atoms. The molecular formula is C12H23NO3. The van der Waals surface area contributed by atoms with Crippen molar-refractivity contribution in [2.45, 2.75) is 58.7 Å². The Bertz CT molecular complexity index is 259. The van der Waals surface area contributed by atoms with Crippen LogP contribution in [0.1, 0.15) is 47.0 Å². The van der Waals surface area contributed by atoms with Gasteiger partial charge in [0, 0.05) is 12.0 Å². The highest BCUT2D eigenvalue weighted by Crippen LogP contribution is 2.37. The van der Waals surface area contributed by atoms with E-state index in [4.69, 9.17) is 4.74 Å². The molecule has 1 amide bonds. The van der Waals surface area contributed by atoms with Crippen LogP contribution in [0.15, 0.2) is 0 Å². The summed E-state index contributed by atoms with van der Waals surface area (Å²) in [6.07, 6.45) is 2.07. The van der Waals surface area contributed by atoms with E-state index in [1.54, 1.807) is 0 Å². The number of hydrogen-bond acceptors (Lipinski definition) is 3. The molecule has 0 radical (unpaired) electrons. The number of alkyl carbamates (subject to hydrolysis) is 1. The van der Waals surface area contributed by atoms with E-state index in [0.29, 0.717) is 6.54 Å². The Labute approximate surface area is 97.4 Å². The van der Waals surface area contributed by atoms with Gasteiger partial charge >= 0.3 is 6.09 Å². The first-order valence-corrected chi connectivity index (χ1v) is 5.88. The summed E-state index contributed by atoms with van der Waals surface area (Å²) in [5.74, 6) is 0. The zero-order valence-electron chi connectivity index (χ0n) is 10.7. The molecule has 1 saturated carbocycles. The first-order chi connectivity index (χ1) is 7.23. The quantitative estimate of drug-likeness (QED) is 0.762. The first kappa shape index (κ1) is 13.3. The van der Waals surface area contributed by atoms with Gasteiger partial charge in [0.25, 0.3) is 0 Å². The van der Waals surface area contributed by atoms with Gasteiger partial charge in [-0.1, -0.05) is 13.3 Å². The van der Waals surface area contributed by atoms with Gasteiger partial charge in [-0.05, 0) is 33.6 Å². The molecule has 2 N–H and O–H groups in total. The molecule has 0 aromatic carbocycles. The Morgan fingerprint density at radius 3 is 2.62 bits per heavy atom. The van der Waals surface area contributed by atoms with E-state index in [9.17, 15) is 9.90 Å². The molecule has 1 aliphatic carbocycles. The topological polar surface area (TPSA) is 58.6 Å². The van der Waals surface area contributed by atoms with E-state index >= 15 is 0 Å². The summed E-state index contributed by atoms with van der Waals surface area (Å²) in [7, 11) is 0. The smallest absolute Gasteiger partial charge is 0.407 e. The lowest BCUT2D eigenvalue weighted by Gasteiger charge is -2.29. The Morgan fingerprint density at radius 1 is 1.56 bits per heavy atom. The summed E-state index contributed by atoms with van der Waals surface area (Å²) < 4.78 is 5.15. The fraction of sp³-hybridized carbons (Fsp3) is 0.917. The van der Waals surface area contributed by atoms with Crippen LogP contribution in [-0.2, 0) is 4.74 Å². The largest absolute Gasteiger partial charge is 0.444 e. The van der Waals surface area contributed by atoms with E-state index in [0.717, 1.165) is 19.3 Å². The number of carbonyl (C=O) groups is 1. The first-order valence-electron chi connectivity index (χ1n) is 5.88. The van der Waals surface area contributed by atoms with Gasteiger partial charge < -0.3 is 15.2 Å². The zero-order valence-corrected chi connectivity index (χ0v) is 10.7. The summed E-state index contributed by atoms with van der Waals surface area (Å²) in [6, 6.07) is 0. The lowest BCUT2D eigenvalue weighted by molar-refractivity contribution is 0.0393. The number of hydrogen-bond donors (Lipinski definition) is 2. The van der Waals surface area contributed by atoms with Crippen molar-refractivity contribution in [3.05, 3.63) is 0 Å². The molecule has 0 heterocycles. The zero-order chi connectivity index (χ0) is 12.4. The van der Waals surface area contributed by atoms with Crippen LogP contribution in [0.4, 0.5) is 4.79 Å². The van der Waals surface area contributed by atoms with Gasteiger partial charge in [0.2, 0.25) is 0 Å². The minimum Gasteiger partial charge on any atom is -0.444 e. The standard InChI is InChI=1S/C12H23NO3/c1-11(2,3)16-10(15)13-8-12(4)7-5-6-9(12)14/h9,14H,5-8H2,1-4H3,(H,13,15). The van der Waals surface area contributed by atoms with Crippen LogP contribution in [0.25, 0.3) is 0 Å². The fourth-order valence-corrected chi connectivity index (χ4v) is 2.01. The monoisotopic (exact) mass is 229 g/mol. The van der Waals surface area contributed by atoms with Crippen molar-refractivity contribution in [3.63, 3.8) is 0 Å². The van der Waals surface area contributed by atoms with Crippen LogP contribution in [0.2, 0.25) is 0 Å². The fourth-order valence-electron chi connectivity index (χ4n) is 2.01. The van der Waals surface area contributed by atoms with Crippen LogP contribution in [0.3, 0.4) is 0 Å². The van der Waals surface area contributed by atoms with Gasteiger partial charge in [0.15, 0.2) is 0 Å². The Balaban J connectivity index is 2.37. The lowest BCUT2D eigenvalue weighted by Crippen LogP contribution is -2.42. The Hall–Kier alpha value is -0.770. The third-order valence-corrected chi connectivity index (χ3v) is 3.07. The van der Waals surface area contributed by atoms with Gasteiger partial charge in [-0.2, -0.15) is 0 Å². The number of aliphatic hydroxyl groups is 1. The van der Waals surface area contributed by atoms with Gasteiger partial charge in [-0.3, -0.25) is 0 Å². The highest BCUT2D eigenvalue weighted by Gasteiger charge is 2.38. The van der Waals surface area contributed by atoms with Crippen LogP contribution in [0.5, 0.6) is 0 Å². The molecule has 2 unspecified atom stereocenters. The number of nitrogens with one attached hydrogen (secondary N) is 1. The molecule has 0 bridgehead atoms. The van der Waals surface area contributed by atoms with E-state index in [1.807, 2.05) is 27.7 Å². The Kier molecular flexibility index (Phi) is 3.84. The molecule has 0 spiro atoms. The predicted octanol–water partition coefficient (Wildman–Crippen LogP) is 2.06. The molecule has 94 valence electrons. The highest BCUT2D eigenvalue weighted by atomic mass is 16.6. The highest BCUT2D eigenvalue weighted by molar-refractivity contribution is 5.67. The SMILES string of the molecule is CC(C)(C)OC(=O)NCC1(C)CCCC1O. The van der Waals surface area contributed by atoms with Gasteiger partial charge in [0.05, 0.1) is 6.10 Å². The summed E-state index contributed by atoms with van der Waals surface area (Å²) in [5, 5.41) is 12.5. The summed E-state index contributed by atoms with van der Waals surface area (Å²) in [6.45, 7) is 7.97. The molecule has 0 aromatic heterocycles. The summed E-state index contributed by atoms with van der Waals surface area (Å²) in [5.41, 5.74) is -0.670. The van der Waals surface area contributed by atoms with Gasteiger partial charge in [-0.25, -0.2) is 4.79 Å². The maximum atomic E-state index is 11.4. The maximum absolute atomic E-state index is 11.4. The van der Waals surface area contributed by atoms with E-state index < -0.39 is 11.7 Å². The molecule has 1 fully saturated rings. The normalized spacial score (nSPS) is 30.2. The van der Waals surface area contributed by atoms with Gasteiger partial charge in [0.1, 0.15) is 5.60 Å². The second-order valence-electron chi connectivity index (χ2n) is 5.92. The molecule has 1 rings (SSSR count). The molecule has 4 nitrogen and oxygen atoms in total.